The van der Waals surface area contributed by atoms with E-state index < -0.39 is 0 Å². The van der Waals surface area contributed by atoms with Crippen LogP contribution in [0.3, 0.4) is 0 Å². The minimum atomic E-state index is 0.0530. The molecule has 0 saturated carbocycles. The van der Waals surface area contributed by atoms with Gasteiger partial charge in [-0.15, -0.1) is 11.6 Å². The van der Waals surface area contributed by atoms with E-state index in [0.29, 0.717) is 12.5 Å². The minimum Gasteiger partial charge on any atom is -0.381 e. The van der Waals surface area contributed by atoms with E-state index in [0.717, 1.165) is 32.3 Å². The summed E-state index contributed by atoms with van der Waals surface area (Å²) in [6.45, 7) is 3.40. The van der Waals surface area contributed by atoms with Crippen LogP contribution in [0.5, 0.6) is 0 Å². The second-order valence-corrected chi connectivity index (χ2v) is 4.53. The second kappa shape index (κ2) is 7.07. The van der Waals surface area contributed by atoms with Gasteiger partial charge < -0.3 is 10.1 Å². The second-order valence-electron chi connectivity index (χ2n) is 4.15. The van der Waals surface area contributed by atoms with Crippen molar-refractivity contribution in [3.8, 4) is 0 Å². The van der Waals surface area contributed by atoms with Gasteiger partial charge in [0.05, 0.1) is 12.5 Å². The first-order chi connectivity index (χ1) is 7.24. The smallest absolute Gasteiger partial charge is 0.225 e. The van der Waals surface area contributed by atoms with Gasteiger partial charge in [0.1, 0.15) is 0 Å². The zero-order valence-corrected chi connectivity index (χ0v) is 10.1. The third kappa shape index (κ3) is 4.85. The van der Waals surface area contributed by atoms with Gasteiger partial charge in [-0.25, -0.2) is 0 Å². The number of carbonyl (C=O) groups excluding carboxylic acids is 1. The molecular formula is C11H20ClNO2. The fourth-order valence-corrected chi connectivity index (χ4v) is 1.92. The highest BCUT2D eigenvalue weighted by Crippen LogP contribution is 2.14. The Bertz CT molecular complexity index is 193. The van der Waals surface area contributed by atoms with E-state index in [4.69, 9.17) is 16.3 Å². The molecule has 1 saturated heterocycles. The van der Waals surface area contributed by atoms with Gasteiger partial charge in [0.2, 0.25) is 5.91 Å². The van der Waals surface area contributed by atoms with Crippen molar-refractivity contribution < 1.29 is 9.53 Å². The molecule has 2 unspecified atom stereocenters. The van der Waals surface area contributed by atoms with E-state index >= 15 is 0 Å². The molecule has 3 nitrogen and oxygen atoms in total. The van der Waals surface area contributed by atoms with Gasteiger partial charge in [-0.2, -0.15) is 0 Å². The Morgan fingerprint density at radius 1 is 1.67 bits per heavy atom. The molecule has 1 fully saturated rings. The number of rotatable bonds is 5. The van der Waals surface area contributed by atoms with Crippen molar-refractivity contribution in [3.63, 3.8) is 0 Å². The number of alkyl halides is 1. The molecule has 0 aliphatic carbocycles. The van der Waals surface area contributed by atoms with Gasteiger partial charge in [-0.05, 0) is 32.6 Å². The van der Waals surface area contributed by atoms with Crippen molar-refractivity contribution in [2.75, 3.05) is 19.1 Å². The van der Waals surface area contributed by atoms with Crippen molar-refractivity contribution in [2.45, 2.75) is 38.6 Å². The summed E-state index contributed by atoms with van der Waals surface area (Å²) in [6.07, 6.45) is 3.84. The maximum atomic E-state index is 11.7. The Kier molecular flexibility index (Phi) is 6.03. The Balaban J connectivity index is 2.21. The first-order valence-corrected chi connectivity index (χ1v) is 6.21. The Morgan fingerprint density at radius 3 is 3.07 bits per heavy atom. The highest BCUT2D eigenvalue weighted by Gasteiger charge is 2.22. The maximum Gasteiger partial charge on any atom is 0.225 e. The third-order valence-corrected chi connectivity index (χ3v) is 2.96. The van der Waals surface area contributed by atoms with Crippen LogP contribution < -0.4 is 5.32 Å². The minimum absolute atomic E-state index is 0.0530. The summed E-state index contributed by atoms with van der Waals surface area (Å²) >= 11 is 5.60. The number of ether oxygens (including phenoxy) is 1. The van der Waals surface area contributed by atoms with Gasteiger partial charge in [0, 0.05) is 18.5 Å². The van der Waals surface area contributed by atoms with Crippen molar-refractivity contribution >= 4 is 17.5 Å². The van der Waals surface area contributed by atoms with E-state index in [1.807, 2.05) is 6.92 Å². The molecule has 2 atom stereocenters. The SMILES string of the molecule is CC(CCCCl)NC(=O)C1CCCOC1. The quantitative estimate of drug-likeness (QED) is 0.737. The molecular weight excluding hydrogens is 214 g/mol. The largest absolute Gasteiger partial charge is 0.381 e. The third-order valence-electron chi connectivity index (χ3n) is 2.69. The molecule has 1 N–H and O–H groups in total. The van der Waals surface area contributed by atoms with E-state index in [-0.39, 0.29) is 17.9 Å². The monoisotopic (exact) mass is 233 g/mol. The molecule has 0 aromatic rings. The van der Waals surface area contributed by atoms with E-state index in [2.05, 4.69) is 5.32 Å². The fourth-order valence-electron chi connectivity index (χ4n) is 1.76. The Morgan fingerprint density at radius 2 is 2.47 bits per heavy atom. The molecule has 0 aromatic heterocycles. The molecule has 1 amide bonds. The zero-order chi connectivity index (χ0) is 11.1. The van der Waals surface area contributed by atoms with Crippen molar-refractivity contribution in [3.05, 3.63) is 0 Å². The molecule has 1 aliphatic heterocycles. The van der Waals surface area contributed by atoms with Crippen LogP contribution in [0.4, 0.5) is 0 Å². The van der Waals surface area contributed by atoms with Crippen molar-refractivity contribution in [2.24, 2.45) is 5.92 Å². The van der Waals surface area contributed by atoms with Crippen LogP contribution in [0.1, 0.15) is 32.6 Å². The first-order valence-electron chi connectivity index (χ1n) is 5.68. The molecule has 1 aliphatic rings. The molecule has 0 bridgehead atoms. The summed E-state index contributed by atoms with van der Waals surface area (Å²) in [5.41, 5.74) is 0. The lowest BCUT2D eigenvalue weighted by molar-refractivity contribution is -0.129. The fraction of sp³-hybridized carbons (Fsp3) is 0.909. The zero-order valence-electron chi connectivity index (χ0n) is 9.30. The molecule has 88 valence electrons. The van der Waals surface area contributed by atoms with Gasteiger partial charge >= 0.3 is 0 Å². The number of carbonyl (C=O) groups is 1. The van der Waals surface area contributed by atoms with Crippen LogP contribution in [0.15, 0.2) is 0 Å². The summed E-state index contributed by atoms with van der Waals surface area (Å²) in [7, 11) is 0. The summed E-state index contributed by atoms with van der Waals surface area (Å²) in [4.78, 5) is 11.7. The van der Waals surface area contributed by atoms with Crippen LogP contribution in [-0.2, 0) is 9.53 Å². The van der Waals surface area contributed by atoms with E-state index in [1.165, 1.54) is 0 Å². The van der Waals surface area contributed by atoms with Crippen LogP contribution in [-0.4, -0.2) is 31.0 Å². The Hall–Kier alpha value is -0.280. The molecule has 0 aromatic carbocycles. The molecule has 15 heavy (non-hydrogen) atoms. The van der Waals surface area contributed by atoms with E-state index in [1.54, 1.807) is 0 Å². The lowest BCUT2D eigenvalue weighted by Gasteiger charge is -2.23. The molecule has 0 radical (unpaired) electrons. The standard InChI is InChI=1S/C11H20ClNO2/c1-9(4-2-6-12)13-11(14)10-5-3-7-15-8-10/h9-10H,2-8H2,1H3,(H,13,14). The summed E-state index contributed by atoms with van der Waals surface area (Å²) in [5, 5.41) is 3.01. The van der Waals surface area contributed by atoms with Crippen molar-refractivity contribution in [1.82, 2.24) is 5.32 Å². The predicted octanol–water partition coefficient (Wildman–Crippen LogP) is 1.94. The lowest BCUT2D eigenvalue weighted by Crippen LogP contribution is -2.40. The molecule has 1 rings (SSSR count). The number of hydrogen-bond acceptors (Lipinski definition) is 2. The molecule has 0 spiro atoms. The van der Waals surface area contributed by atoms with Crippen molar-refractivity contribution in [1.29, 1.82) is 0 Å². The molecule has 1 heterocycles. The Labute approximate surface area is 96.5 Å². The van der Waals surface area contributed by atoms with Crippen LogP contribution in [0.2, 0.25) is 0 Å². The average Bonchev–Trinajstić information content (AvgIpc) is 2.27. The highest BCUT2D eigenvalue weighted by molar-refractivity contribution is 6.17. The van der Waals surface area contributed by atoms with Crippen LogP contribution in [0, 0.1) is 5.92 Å². The number of amides is 1. The lowest BCUT2D eigenvalue weighted by atomic mass is 10.0. The van der Waals surface area contributed by atoms with Gasteiger partial charge in [-0.3, -0.25) is 4.79 Å². The summed E-state index contributed by atoms with van der Waals surface area (Å²) in [5.74, 6) is 0.848. The van der Waals surface area contributed by atoms with Crippen LogP contribution >= 0.6 is 11.6 Å². The topological polar surface area (TPSA) is 38.3 Å². The highest BCUT2D eigenvalue weighted by atomic mass is 35.5. The number of halogens is 1. The maximum absolute atomic E-state index is 11.7. The first kappa shape index (κ1) is 12.8. The predicted molar refractivity (Wildman–Crippen MR) is 61.1 cm³/mol. The van der Waals surface area contributed by atoms with Gasteiger partial charge in [-0.1, -0.05) is 0 Å². The van der Waals surface area contributed by atoms with Gasteiger partial charge in [0.15, 0.2) is 0 Å². The normalized spacial score (nSPS) is 23.5. The van der Waals surface area contributed by atoms with Crippen LogP contribution in [0.25, 0.3) is 0 Å². The number of nitrogens with one attached hydrogen (secondary N) is 1. The summed E-state index contributed by atoms with van der Waals surface area (Å²) in [6, 6.07) is 0.221. The number of hydrogen-bond donors (Lipinski definition) is 1. The summed E-state index contributed by atoms with van der Waals surface area (Å²) < 4.78 is 5.28. The van der Waals surface area contributed by atoms with Gasteiger partial charge in [0.25, 0.3) is 0 Å². The average molecular weight is 234 g/mol. The van der Waals surface area contributed by atoms with E-state index in [9.17, 15) is 4.79 Å². The molecule has 4 heteroatoms.